The highest BCUT2D eigenvalue weighted by Gasteiger charge is 2.06. The van der Waals surface area contributed by atoms with Crippen molar-refractivity contribution in [2.45, 2.75) is 6.92 Å². The second kappa shape index (κ2) is 5.18. The van der Waals surface area contributed by atoms with E-state index in [1.165, 1.54) is 6.26 Å². The van der Waals surface area contributed by atoms with E-state index in [4.69, 9.17) is 10.2 Å². The standard InChI is InChI=1S/C13H13N3O2/c1-9(10-4-6-11(14)7-5-10)15-16-13(17)12-3-2-8-18-12/h2-8H,14H2,1H3,(H,16,17)/b15-9+. The lowest BCUT2D eigenvalue weighted by molar-refractivity contribution is 0.0927. The molecule has 0 saturated heterocycles. The van der Waals surface area contributed by atoms with Crippen molar-refractivity contribution in [2.24, 2.45) is 5.10 Å². The molecule has 5 heteroatoms. The van der Waals surface area contributed by atoms with Crippen LogP contribution in [-0.4, -0.2) is 11.6 Å². The minimum atomic E-state index is -0.380. The number of nitrogens with two attached hydrogens (primary N) is 1. The van der Waals surface area contributed by atoms with Crippen LogP contribution in [0.1, 0.15) is 23.0 Å². The summed E-state index contributed by atoms with van der Waals surface area (Å²) >= 11 is 0. The van der Waals surface area contributed by atoms with E-state index in [9.17, 15) is 4.79 Å². The van der Waals surface area contributed by atoms with Gasteiger partial charge in [0.25, 0.3) is 0 Å². The van der Waals surface area contributed by atoms with Crippen molar-refractivity contribution in [1.82, 2.24) is 5.43 Å². The van der Waals surface area contributed by atoms with E-state index in [-0.39, 0.29) is 11.7 Å². The van der Waals surface area contributed by atoms with Gasteiger partial charge in [-0.05, 0) is 36.8 Å². The van der Waals surface area contributed by atoms with Crippen LogP contribution < -0.4 is 11.2 Å². The van der Waals surface area contributed by atoms with E-state index in [1.807, 2.05) is 12.1 Å². The second-order valence-electron chi connectivity index (χ2n) is 3.74. The van der Waals surface area contributed by atoms with Crippen LogP contribution in [0.4, 0.5) is 5.69 Å². The molecule has 0 bridgehead atoms. The molecule has 18 heavy (non-hydrogen) atoms. The van der Waals surface area contributed by atoms with Crippen LogP contribution >= 0.6 is 0 Å². The average molecular weight is 243 g/mol. The summed E-state index contributed by atoms with van der Waals surface area (Å²) < 4.78 is 4.95. The molecule has 0 aliphatic carbocycles. The minimum Gasteiger partial charge on any atom is -0.459 e. The van der Waals surface area contributed by atoms with Gasteiger partial charge < -0.3 is 10.2 Å². The summed E-state index contributed by atoms with van der Waals surface area (Å²) in [5, 5.41) is 4.00. The van der Waals surface area contributed by atoms with Crippen molar-refractivity contribution < 1.29 is 9.21 Å². The molecule has 0 aliphatic rings. The summed E-state index contributed by atoms with van der Waals surface area (Å²) in [6, 6.07) is 10.5. The highest BCUT2D eigenvalue weighted by atomic mass is 16.3. The summed E-state index contributed by atoms with van der Waals surface area (Å²) in [5.41, 5.74) is 10.3. The molecule has 0 fully saturated rings. The van der Waals surface area contributed by atoms with Crippen LogP contribution in [0.3, 0.4) is 0 Å². The highest BCUT2D eigenvalue weighted by molar-refractivity contribution is 6.00. The highest BCUT2D eigenvalue weighted by Crippen LogP contribution is 2.06. The number of nitrogen functional groups attached to an aromatic ring is 1. The van der Waals surface area contributed by atoms with Gasteiger partial charge in [-0.25, -0.2) is 5.43 Å². The SMILES string of the molecule is C/C(=N\NC(=O)c1ccco1)c1ccc(N)cc1. The minimum absolute atomic E-state index is 0.226. The third kappa shape index (κ3) is 2.76. The number of carbonyl (C=O) groups excluding carboxylic acids is 1. The fourth-order valence-corrected chi connectivity index (χ4v) is 1.39. The normalized spacial score (nSPS) is 11.3. The van der Waals surface area contributed by atoms with Crippen molar-refractivity contribution in [3.05, 3.63) is 54.0 Å². The molecule has 0 saturated carbocycles. The number of hydrogen-bond donors (Lipinski definition) is 2. The Morgan fingerprint density at radius 1 is 1.28 bits per heavy atom. The zero-order valence-electron chi connectivity index (χ0n) is 9.88. The third-order valence-corrected chi connectivity index (χ3v) is 2.40. The Morgan fingerprint density at radius 3 is 2.61 bits per heavy atom. The molecule has 0 unspecified atom stereocenters. The maximum atomic E-state index is 11.6. The second-order valence-corrected chi connectivity index (χ2v) is 3.74. The zero-order chi connectivity index (χ0) is 13.0. The Bertz CT molecular complexity index is 556. The van der Waals surface area contributed by atoms with Gasteiger partial charge in [0.1, 0.15) is 0 Å². The molecule has 1 amide bonds. The molecule has 0 aliphatic heterocycles. The summed E-state index contributed by atoms with van der Waals surface area (Å²) in [6.45, 7) is 1.80. The van der Waals surface area contributed by atoms with Crippen molar-refractivity contribution >= 4 is 17.3 Å². The predicted molar refractivity (Wildman–Crippen MR) is 69.2 cm³/mol. The van der Waals surface area contributed by atoms with E-state index < -0.39 is 0 Å². The molecule has 1 aromatic heterocycles. The zero-order valence-corrected chi connectivity index (χ0v) is 9.88. The van der Waals surface area contributed by atoms with Gasteiger partial charge >= 0.3 is 5.91 Å². The smallest absolute Gasteiger partial charge is 0.307 e. The molecule has 1 heterocycles. The molecule has 1 aromatic carbocycles. The number of anilines is 1. The lowest BCUT2D eigenvalue weighted by atomic mass is 10.1. The first-order valence-electron chi connectivity index (χ1n) is 5.41. The van der Waals surface area contributed by atoms with Crippen molar-refractivity contribution in [2.75, 3.05) is 5.73 Å². The molecular weight excluding hydrogens is 230 g/mol. The summed E-state index contributed by atoms with van der Waals surface area (Å²) in [6.07, 6.45) is 1.44. The summed E-state index contributed by atoms with van der Waals surface area (Å²) in [5.74, 6) is -0.154. The Morgan fingerprint density at radius 2 is 2.00 bits per heavy atom. The van der Waals surface area contributed by atoms with Crippen LogP contribution in [0.2, 0.25) is 0 Å². The van der Waals surface area contributed by atoms with Gasteiger partial charge in [0.2, 0.25) is 0 Å². The fraction of sp³-hybridized carbons (Fsp3) is 0.0769. The Labute approximate surface area is 104 Å². The number of hydrazone groups is 1. The van der Waals surface area contributed by atoms with Gasteiger partial charge in [-0.3, -0.25) is 4.79 Å². The maximum Gasteiger partial charge on any atom is 0.307 e. The molecule has 92 valence electrons. The van der Waals surface area contributed by atoms with Gasteiger partial charge in [0.15, 0.2) is 5.76 Å². The van der Waals surface area contributed by atoms with Crippen LogP contribution in [-0.2, 0) is 0 Å². The number of benzene rings is 1. The molecule has 2 aromatic rings. The molecule has 0 spiro atoms. The first-order chi connectivity index (χ1) is 8.66. The Kier molecular flexibility index (Phi) is 3.43. The lowest BCUT2D eigenvalue weighted by Gasteiger charge is -2.02. The van der Waals surface area contributed by atoms with Gasteiger partial charge in [0, 0.05) is 5.69 Å². The predicted octanol–water partition coefficient (Wildman–Crippen LogP) is 2.02. The largest absolute Gasteiger partial charge is 0.459 e. The summed E-state index contributed by atoms with van der Waals surface area (Å²) in [4.78, 5) is 11.6. The molecule has 0 atom stereocenters. The first-order valence-corrected chi connectivity index (χ1v) is 5.41. The Hall–Kier alpha value is -2.56. The first kappa shape index (κ1) is 11.9. The number of nitrogens with one attached hydrogen (secondary N) is 1. The van der Waals surface area contributed by atoms with Crippen molar-refractivity contribution in [3.8, 4) is 0 Å². The van der Waals surface area contributed by atoms with E-state index >= 15 is 0 Å². The van der Waals surface area contributed by atoms with Gasteiger partial charge in [0.05, 0.1) is 12.0 Å². The quantitative estimate of drug-likeness (QED) is 0.491. The Balaban J connectivity index is 2.05. The maximum absolute atomic E-state index is 11.6. The van der Waals surface area contributed by atoms with Crippen LogP contribution in [0, 0.1) is 0 Å². The number of rotatable bonds is 3. The number of hydrogen-bond acceptors (Lipinski definition) is 4. The third-order valence-electron chi connectivity index (χ3n) is 2.40. The van der Waals surface area contributed by atoms with E-state index in [0.717, 1.165) is 5.56 Å². The van der Waals surface area contributed by atoms with E-state index in [0.29, 0.717) is 11.4 Å². The van der Waals surface area contributed by atoms with Gasteiger partial charge in [-0.15, -0.1) is 0 Å². The van der Waals surface area contributed by atoms with Crippen LogP contribution in [0.5, 0.6) is 0 Å². The average Bonchev–Trinajstić information content (AvgIpc) is 2.90. The van der Waals surface area contributed by atoms with Gasteiger partial charge in [-0.2, -0.15) is 5.10 Å². The fourth-order valence-electron chi connectivity index (χ4n) is 1.39. The van der Waals surface area contributed by atoms with Crippen molar-refractivity contribution in [3.63, 3.8) is 0 Å². The topological polar surface area (TPSA) is 80.6 Å². The monoisotopic (exact) mass is 243 g/mol. The molecule has 0 radical (unpaired) electrons. The molecule has 5 nitrogen and oxygen atoms in total. The summed E-state index contributed by atoms with van der Waals surface area (Å²) in [7, 11) is 0. The number of nitrogens with zero attached hydrogens (tertiary/aromatic N) is 1. The number of amides is 1. The van der Waals surface area contributed by atoms with Crippen LogP contribution in [0.25, 0.3) is 0 Å². The lowest BCUT2D eigenvalue weighted by Crippen LogP contribution is -2.18. The molecule has 2 rings (SSSR count). The number of carbonyl (C=O) groups is 1. The van der Waals surface area contributed by atoms with E-state index in [2.05, 4.69) is 10.5 Å². The van der Waals surface area contributed by atoms with Crippen LogP contribution in [0.15, 0.2) is 52.2 Å². The number of furan rings is 1. The molecule has 3 N–H and O–H groups in total. The molecular formula is C13H13N3O2. The van der Waals surface area contributed by atoms with Crippen molar-refractivity contribution in [1.29, 1.82) is 0 Å². The van der Waals surface area contributed by atoms with E-state index in [1.54, 1.807) is 31.2 Å². The van der Waals surface area contributed by atoms with Gasteiger partial charge in [-0.1, -0.05) is 12.1 Å².